The largest absolute Gasteiger partial charge is 0.366 e. The topological polar surface area (TPSA) is 76.3 Å². The fourth-order valence-electron chi connectivity index (χ4n) is 2.15. The second-order valence-corrected chi connectivity index (χ2v) is 6.88. The van der Waals surface area contributed by atoms with Crippen molar-refractivity contribution < 1.29 is 9.59 Å². The Hall–Kier alpha value is -1.92. The Morgan fingerprint density at radius 1 is 1.32 bits per heavy atom. The fraction of sp³-hybridized carbons (Fsp3) is 0.267. The minimum Gasteiger partial charge on any atom is -0.366 e. The maximum atomic E-state index is 12.6. The third kappa shape index (κ3) is 3.28. The summed E-state index contributed by atoms with van der Waals surface area (Å²) in [6.45, 7) is 0. The second kappa shape index (κ2) is 6.06. The van der Waals surface area contributed by atoms with E-state index in [-0.39, 0.29) is 5.91 Å². The zero-order chi connectivity index (χ0) is 15.7. The Labute approximate surface area is 136 Å². The number of carbonyl (C=O) groups excluding carboxylic acids is 2. The Morgan fingerprint density at radius 3 is 2.50 bits per heavy atom. The number of amides is 2. The number of hydrogen-bond acceptors (Lipinski definition) is 4. The van der Waals surface area contributed by atoms with Gasteiger partial charge in [0.15, 0.2) is 5.13 Å². The second-order valence-electron chi connectivity index (χ2n) is 5.23. The molecule has 0 saturated heterocycles. The normalized spacial score (nSPS) is 13.9. The minimum atomic E-state index is -0.500. The third-order valence-electron chi connectivity index (χ3n) is 3.48. The van der Waals surface area contributed by atoms with Crippen molar-refractivity contribution in [2.75, 3.05) is 4.90 Å². The van der Waals surface area contributed by atoms with Crippen molar-refractivity contribution >= 4 is 45.6 Å². The predicted octanol–water partition coefficient (Wildman–Crippen LogP) is 3.36. The van der Waals surface area contributed by atoms with Crippen molar-refractivity contribution in [3.05, 3.63) is 40.4 Å². The summed E-state index contributed by atoms with van der Waals surface area (Å²) in [5, 5.41) is 0.530. The van der Waals surface area contributed by atoms with Crippen LogP contribution in [0, 0.1) is 5.92 Å². The van der Waals surface area contributed by atoms with E-state index in [1.807, 2.05) is 0 Å². The van der Waals surface area contributed by atoms with E-state index < -0.39 is 5.91 Å². The molecule has 1 aliphatic rings. The minimum absolute atomic E-state index is 0.0136. The molecule has 2 aromatic rings. The lowest BCUT2D eigenvalue weighted by atomic mass is 10.1. The van der Waals surface area contributed by atoms with Gasteiger partial charge in [-0.3, -0.25) is 14.5 Å². The number of nitrogens with zero attached hydrogens (tertiary/aromatic N) is 2. The number of hydrogen-bond donors (Lipinski definition) is 1. The van der Waals surface area contributed by atoms with E-state index in [1.54, 1.807) is 29.2 Å². The molecule has 7 heteroatoms. The van der Waals surface area contributed by atoms with Crippen LogP contribution >= 0.6 is 22.9 Å². The average Bonchev–Trinajstić information content (AvgIpc) is 3.20. The number of halogens is 1. The van der Waals surface area contributed by atoms with Gasteiger partial charge in [-0.2, -0.15) is 0 Å². The molecule has 0 unspecified atom stereocenters. The summed E-state index contributed by atoms with van der Waals surface area (Å²) in [4.78, 5) is 29.5. The van der Waals surface area contributed by atoms with Gasteiger partial charge in [-0.15, -0.1) is 0 Å². The van der Waals surface area contributed by atoms with Crippen molar-refractivity contribution in [3.8, 4) is 0 Å². The molecule has 22 heavy (non-hydrogen) atoms. The Bertz CT molecular complexity index is 710. The number of primary amides is 1. The highest BCUT2D eigenvalue weighted by Crippen LogP contribution is 2.37. The first-order chi connectivity index (χ1) is 10.5. The number of nitrogens with two attached hydrogens (primary N) is 1. The molecule has 1 heterocycles. The molecule has 1 aliphatic carbocycles. The van der Waals surface area contributed by atoms with E-state index in [4.69, 9.17) is 17.3 Å². The van der Waals surface area contributed by atoms with Crippen LogP contribution in [0.2, 0.25) is 4.34 Å². The molecular weight excluding hydrogens is 322 g/mol. The molecule has 0 aliphatic heterocycles. The van der Waals surface area contributed by atoms with E-state index in [0.29, 0.717) is 33.1 Å². The van der Waals surface area contributed by atoms with Gasteiger partial charge < -0.3 is 5.73 Å². The van der Waals surface area contributed by atoms with Gasteiger partial charge in [0.05, 0.1) is 11.9 Å². The van der Waals surface area contributed by atoms with E-state index >= 15 is 0 Å². The molecular formula is C15H14ClN3O2S. The SMILES string of the molecule is NC(=O)c1ccc(N(C(=O)CC2CC2)c2ncc(Cl)s2)cc1. The van der Waals surface area contributed by atoms with Crippen molar-refractivity contribution in [3.63, 3.8) is 0 Å². The first-order valence-electron chi connectivity index (χ1n) is 6.89. The number of rotatable bonds is 5. The van der Waals surface area contributed by atoms with Crippen LogP contribution in [0.15, 0.2) is 30.5 Å². The van der Waals surface area contributed by atoms with Gasteiger partial charge in [0.2, 0.25) is 11.8 Å². The molecule has 3 rings (SSSR count). The molecule has 0 atom stereocenters. The molecule has 0 spiro atoms. The number of carbonyl (C=O) groups is 2. The Morgan fingerprint density at radius 2 is 2.00 bits per heavy atom. The van der Waals surface area contributed by atoms with Gasteiger partial charge >= 0.3 is 0 Å². The average molecular weight is 336 g/mol. The number of benzene rings is 1. The summed E-state index contributed by atoms with van der Waals surface area (Å²) >= 11 is 7.18. The van der Waals surface area contributed by atoms with Crippen LogP contribution < -0.4 is 10.6 Å². The number of aromatic nitrogens is 1. The summed E-state index contributed by atoms with van der Waals surface area (Å²) in [6, 6.07) is 6.59. The van der Waals surface area contributed by atoms with Gasteiger partial charge in [-0.1, -0.05) is 22.9 Å². The first kappa shape index (κ1) is 15.0. The lowest BCUT2D eigenvalue weighted by Gasteiger charge is -2.20. The summed E-state index contributed by atoms with van der Waals surface area (Å²) in [7, 11) is 0. The van der Waals surface area contributed by atoms with Crippen molar-refractivity contribution in [2.45, 2.75) is 19.3 Å². The van der Waals surface area contributed by atoms with Gasteiger partial charge in [0.1, 0.15) is 4.34 Å². The summed E-state index contributed by atoms with van der Waals surface area (Å²) in [6.07, 6.45) is 4.21. The molecule has 0 bridgehead atoms. The summed E-state index contributed by atoms with van der Waals surface area (Å²) in [5.41, 5.74) is 6.29. The van der Waals surface area contributed by atoms with Gasteiger partial charge in [-0.25, -0.2) is 4.98 Å². The van der Waals surface area contributed by atoms with Gasteiger partial charge in [0.25, 0.3) is 0 Å². The van der Waals surface area contributed by atoms with E-state index in [1.165, 1.54) is 17.5 Å². The summed E-state index contributed by atoms with van der Waals surface area (Å²) < 4.78 is 0.521. The molecule has 1 aromatic heterocycles. The van der Waals surface area contributed by atoms with E-state index in [0.717, 1.165) is 12.8 Å². The fourth-order valence-corrected chi connectivity index (χ4v) is 3.08. The van der Waals surface area contributed by atoms with E-state index in [2.05, 4.69) is 4.98 Å². The molecule has 1 fully saturated rings. The Balaban J connectivity index is 1.92. The maximum Gasteiger partial charge on any atom is 0.248 e. The Kier molecular flexibility index (Phi) is 4.13. The zero-order valence-corrected chi connectivity index (χ0v) is 13.2. The van der Waals surface area contributed by atoms with Crippen LogP contribution in [0.25, 0.3) is 0 Å². The standard InChI is InChI=1S/C15H14ClN3O2S/c16-12-8-18-15(22-12)19(13(20)7-9-1-2-9)11-5-3-10(4-6-11)14(17)21/h3-6,8-9H,1-2,7H2,(H2,17,21). The van der Waals surface area contributed by atoms with Crippen molar-refractivity contribution in [2.24, 2.45) is 11.7 Å². The van der Waals surface area contributed by atoms with Gasteiger partial charge in [0, 0.05) is 12.0 Å². The zero-order valence-electron chi connectivity index (χ0n) is 11.7. The van der Waals surface area contributed by atoms with Gasteiger partial charge in [-0.05, 0) is 43.0 Å². The molecule has 5 nitrogen and oxygen atoms in total. The van der Waals surface area contributed by atoms with Crippen LogP contribution in [-0.2, 0) is 4.79 Å². The first-order valence-corrected chi connectivity index (χ1v) is 8.08. The molecule has 114 valence electrons. The van der Waals surface area contributed by atoms with Crippen LogP contribution in [0.5, 0.6) is 0 Å². The quantitative estimate of drug-likeness (QED) is 0.910. The highest BCUT2D eigenvalue weighted by atomic mass is 35.5. The highest BCUT2D eigenvalue weighted by Gasteiger charge is 2.29. The summed E-state index contributed by atoms with van der Waals surface area (Å²) in [5.74, 6) is -0.0460. The van der Waals surface area contributed by atoms with Crippen LogP contribution in [0.4, 0.5) is 10.8 Å². The maximum absolute atomic E-state index is 12.6. The van der Waals surface area contributed by atoms with Crippen molar-refractivity contribution in [1.29, 1.82) is 0 Å². The number of anilines is 2. The predicted molar refractivity (Wildman–Crippen MR) is 86.6 cm³/mol. The lowest BCUT2D eigenvalue weighted by molar-refractivity contribution is -0.118. The smallest absolute Gasteiger partial charge is 0.248 e. The number of thiazole rings is 1. The molecule has 1 saturated carbocycles. The highest BCUT2D eigenvalue weighted by molar-refractivity contribution is 7.19. The van der Waals surface area contributed by atoms with E-state index in [9.17, 15) is 9.59 Å². The molecule has 0 radical (unpaired) electrons. The monoisotopic (exact) mass is 335 g/mol. The van der Waals surface area contributed by atoms with Crippen LogP contribution in [-0.4, -0.2) is 16.8 Å². The molecule has 1 aromatic carbocycles. The van der Waals surface area contributed by atoms with Crippen LogP contribution in [0.3, 0.4) is 0 Å². The third-order valence-corrected chi connectivity index (χ3v) is 4.58. The van der Waals surface area contributed by atoms with Crippen molar-refractivity contribution in [1.82, 2.24) is 4.98 Å². The molecule has 2 N–H and O–H groups in total. The van der Waals surface area contributed by atoms with Crippen LogP contribution in [0.1, 0.15) is 29.6 Å². The molecule has 2 amide bonds. The lowest BCUT2D eigenvalue weighted by Crippen LogP contribution is -2.26.